The summed E-state index contributed by atoms with van der Waals surface area (Å²) in [5.74, 6) is 0.286. The van der Waals surface area contributed by atoms with Crippen LogP contribution in [0.15, 0.2) is 30.6 Å². The Morgan fingerprint density at radius 3 is 2.61 bits per heavy atom. The molecule has 0 saturated carbocycles. The molecular weight excluding hydrogens is 387 g/mol. The second kappa shape index (κ2) is 7.12. The molecule has 3 aromatic rings. The lowest BCUT2D eigenvalue weighted by atomic mass is 9.97. The highest BCUT2D eigenvalue weighted by molar-refractivity contribution is 7.11. The van der Waals surface area contributed by atoms with Crippen LogP contribution in [0.3, 0.4) is 0 Å². The van der Waals surface area contributed by atoms with E-state index in [1.165, 1.54) is 12.4 Å². The normalized spacial score (nSPS) is 16.7. The van der Waals surface area contributed by atoms with E-state index in [0.717, 1.165) is 40.9 Å². The molecule has 4 rings (SSSR count). The minimum Gasteiger partial charge on any atom is -0.352 e. The highest BCUT2D eigenvalue weighted by Crippen LogP contribution is 2.40. The molecule has 28 heavy (non-hydrogen) atoms. The van der Waals surface area contributed by atoms with Crippen molar-refractivity contribution in [3.05, 3.63) is 51.9 Å². The van der Waals surface area contributed by atoms with Crippen molar-refractivity contribution in [3.8, 4) is 11.4 Å². The summed E-state index contributed by atoms with van der Waals surface area (Å²) in [4.78, 5) is 19.6. The van der Waals surface area contributed by atoms with Crippen LogP contribution in [0.1, 0.15) is 40.2 Å². The molecule has 0 spiro atoms. The molecular formula is C19H18F3N5S. The lowest BCUT2D eigenvalue weighted by Gasteiger charge is -2.32. The summed E-state index contributed by atoms with van der Waals surface area (Å²) >= 11 is 1.60. The number of aromatic nitrogens is 4. The number of thiazole rings is 1. The summed E-state index contributed by atoms with van der Waals surface area (Å²) in [5.41, 5.74) is 0.589. The van der Waals surface area contributed by atoms with Gasteiger partial charge < -0.3 is 4.90 Å². The Balaban J connectivity index is 1.79. The molecule has 0 N–H and O–H groups in total. The van der Waals surface area contributed by atoms with Gasteiger partial charge in [-0.25, -0.2) is 15.0 Å². The first kappa shape index (κ1) is 18.8. The Morgan fingerprint density at radius 2 is 1.89 bits per heavy atom. The number of hydrogen-bond donors (Lipinski definition) is 0. The van der Waals surface area contributed by atoms with Gasteiger partial charge >= 0.3 is 6.18 Å². The van der Waals surface area contributed by atoms with E-state index in [2.05, 4.69) is 19.9 Å². The van der Waals surface area contributed by atoms with Gasteiger partial charge in [0.05, 0.1) is 21.6 Å². The van der Waals surface area contributed by atoms with Gasteiger partial charge in [0, 0.05) is 31.1 Å². The average Bonchev–Trinajstić information content (AvgIpc) is 3.07. The van der Waals surface area contributed by atoms with Crippen molar-refractivity contribution in [1.82, 2.24) is 19.9 Å². The first-order chi connectivity index (χ1) is 13.3. The number of pyridine rings is 1. The predicted molar refractivity (Wildman–Crippen MR) is 101 cm³/mol. The zero-order valence-electron chi connectivity index (χ0n) is 15.4. The van der Waals surface area contributed by atoms with E-state index in [9.17, 15) is 13.2 Å². The van der Waals surface area contributed by atoms with Gasteiger partial charge in [-0.3, -0.25) is 4.98 Å². The summed E-state index contributed by atoms with van der Waals surface area (Å²) < 4.78 is 40.4. The van der Waals surface area contributed by atoms with Crippen LogP contribution in [0.5, 0.6) is 0 Å². The minimum atomic E-state index is -4.56. The molecule has 0 bridgehead atoms. The number of fused-ring (bicyclic) bond motifs is 1. The number of nitrogens with zero attached hydrogens (tertiary/aromatic N) is 5. The monoisotopic (exact) mass is 405 g/mol. The van der Waals surface area contributed by atoms with Gasteiger partial charge in [-0.1, -0.05) is 0 Å². The maximum atomic E-state index is 13.5. The van der Waals surface area contributed by atoms with Gasteiger partial charge in [0.25, 0.3) is 0 Å². The Morgan fingerprint density at radius 1 is 1.14 bits per heavy atom. The molecule has 0 aromatic carbocycles. The number of alkyl halides is 3. The minimum absolute atomic E-state index is 0.0376. The molecule has 0 fully saturated rings. The first-order valence-corrected chi connectivity index (χ1v) is 9.70. The van der Waals surface area contributed by atoms with E-state index in [0.29, 0.717) is 5.56 Å². The molecule has 0 aliphatic heterocycles. The maximum Gasteiger partial charge on any atom is 0.433 e. The molecule has 9 heteroatoms. The summed E-state index contributed by atoms with van der Waals surface area (Å²) in [5, 5.41) is 0.974. The van der Waals surface area contributed by atoms with Crippen LogP contribution in [0, 0.1) is 6.92 Å². The van der Waals surface area contributed by atoms with Crippen molar-refractivity contribution in [2.45, 2.75) is 38.4 Å². The number of halogens is 3. The Kier molecular flexibility index (Phi) is 4.78. The Bertz CT molecular complexity index is 987. The van der Waals surface area contributed by atoms with E-state index in [4.69, 9.17) is 0 Å². The number of anilines is 1. The maximum absolute atomic E-state index is 13.5. The Labute approximate surface area is 164 Å². The van der Waals surface area contributed by atoms with Crippen molar-refractivity contribution >= 4 is 17.2 Å². The molecule has 3 heterocycles. The van der Waals surface area contributed by atoms with Crippen molar-refractivity contribution in [2.75, 3.05) is 11.9 Å². The van der Waals surface area contributed by atoms with Gasteiger partial charge in [0.15, 0.2) is 11.5 Å². The number of hydrogen-bond acceptors (Lipinski definition) is 6. The zero-order valence-corrected chi connectivity index (χ0v) is 16.2. The van der Waals surface area contributed by atoms with E-state index < -0.39 is 11.9 Å². The second-order valence-electron chi connectivity index (χ2n) is 6.73. The number of rotatable bonds is 3. The fraction of sp³-hybridized carbons (Fsp3) is 0.368. The van der Waals surface area contributed by atoms with Crippen LogP contribution in [0.25, 0.3) is 11.4 Å². The predicted octanol–water partition coefficient (Wildman–Crippen LogP) is 4.84. The van der Waals surface area contributed by atoms with Crippen molar-refractivity contribution in [2.24, 2.45) is 0 Å². The van der Waals surface area contributed by atoms with Crippen LogP contribution < -0.4 is 4.90 Å². The smallest absolute Gasteiger partial charge is 0.352 e. The SMILES string of the molecule is Cc1nc2c(s1)C(N(C)c1cc(C(F)(F)F)nc(-c3ccncc3)n1)CCC2. The van der Waals surface area contributed by atoms with E-state index >= 15 is 0 Å². The lowest BCUT2D eigenvalue weighted by molar-refractivity contribution is -0.141. The molecule has 5 nitrogen and oxygen atoms in total. The van der Waals surface area contributed by atoms with Crippen molar-refractivity contribution in [3.63, 3.8) is 0 Å². The molecule has 0 radical (unpaired) electrons. The third-order valence-electron chi connectivity index (χ3n) is 4.80. The highest BCUT2D eigenvalue weighted by Gasteiger charge is 2.35. The van der Waals surface area contributed by atoms with Crippen LogP contribution >= 0.6 is 11.3 Å². The third kappa shape index (κ3) is 3.58. The largest absolute Gasteiger partial charge is 0.433 e. The standard InChI is InChI=1S/C19H18F3N5S/c1-11-24-13-4-3-5-14(17(13)28-11)27(2)16-10-15(19(20,21)22)25-18(26-16)12-6-8-23-9-7-12/h6-10,14H,3-5H2,1-2H3. The third-order valence-corrected chi connectivity index (χ3v) is 5.91. The first-order valence-electron chi connectivity index (χ1n) is 8.88. The van der Waals surface area contributed by atoms with Crippen LogP contribution in [-0.4, -0.2) is 27.0 Å². The summed E-state index contributed by atoms with van der Waals surface area (Å²) in [6.45, 7) is 1.95. The van der Waals surface area contributed by atoms with E-state index in [1.807, 2.05) is 11.8 Å². The molecule has 1 aliphatic carbocycles. The summed E-state index contributed by atoms with van der Waals surface area (Å²) in [7, 11) is 1.79. The fourth-order valence-corrected chi connectivity index (χ4v) is 4.59. The van der Waals surface area contributed by atoms with Crippen LogP contribution in [-0.2, 0) is 12.6 Å². The molecule has 3 aromatic heterocycles. The fourth-order valence-electron chi connectivity index (χ4n) is 3.44. The summed E-state index contributed by atoms with van der Waals surface area (Å²) in [6, 6.07) is 4.18. The van der Waals surface area contributed by atoms with Crippen molar-refractivity contribution < 1.29 is 13.2 Å². The topological polar surface area (TPSA) is 54.8 Å². The molecule has 1 atom stereocenters. The molecule has 0 amide bonds. The number of aryl methyl sites for hydroxylation is 2. The van der Waals surface area contributed by atoms with Gasteiger partial charge in [-0.15, -0.1) is 11.3 Å². The van der Waals surface area contributed by atoms with E-state index in [1.54, 1.807) is 30.5 Å². The van der Waals surface area contributed by atoms with Gasteiger partial charge in [-0.05, 0) is 38.3 Å². The average molecular weight is 405 g/mol. The van der Waals surface area contributed by atoms with Gasteiger partial charge in [0.2, 0.25) is 0 Å². The molecule has 1 aliphatic rings. The van der Waals surface area contributed by atoms with Gasteiger partial charge in [0.1, 0.15) is 5.82 Å². The lowest BCUT2D eigenvalue weighted by Crippen LogP contribution is -2.28. The van der Waals surface area contributed by atoms with Crippen molar-refractivity contribution in [1.29, 1.82) is 0 Å². The highest BCUT2D eigenvalue weighted by atomic mass is 32.1. The molecule has 146 valence electrons. The van der Waals surface area contributed by atoms with Gasteiger partial charge in [-0.2, -0.15) is 13.2 Å². The molecule has 1 unspecified atom stereocenters. The second-order valence-corrected chi connectivity index (χ2v) is 7.97. The summed E-state index contributed by atoms with van der Waals surface area (Å²) in [6.07, 6.45) is 1.16. The van der Waals surface area contributed by atoms with Crippen LogP contribution in [0.4, 0.5) is 19.0 Å². The zero-order chi connectivity index (χ0) is 19.9. The molecule has 0 saturated heterocycles. The van der Waals surface area contributed by atoms with Crippen LogP contribution in [0.2, 0.25) is 0 Å². The van der Waals surface area contributed by atoms with E-state index in [-0.39, 0.29) is 17.7 Å². The quantitative estimate of drug-likeness (QED) is 0.624. The Hall–Kier alpha value is -2.55.